The number of rotatable bonds is 10. The van der Waals surface area contributed by atoms with E-state index in [0.29, 0.717) is 30.0 Å². The Hall–Kier alpha value is -3.13. The summed E-state index contributed by atoms with van der Waals surface area (Å²) in [7, 11) is 0. The Bertz CT molecular complexity index is 1180. The van der Waals surface area contributed by atoms with Gasteiger partial charge in [-0.25, -0.2) is 0 Å². The van der Waals surface area contributed by atoms with Gasteiger partial charge >= 0.3 is 0 Å². The number of hydrogen-bond donors (Lipinski definition) is 0. The lowest BCUT2D eigenvalue weighted by atomic mass is 10.1. The van der Waals surface area contributed by atoms with Crippen LogP contribution in [0.1, 0.15) is 43.6 Å². The molecule has 8 heteroatoms. The number of hydrogen-bond acceptors (Lipinski definition) is 7. The fraction of sp³-hybridized carbons (Fsp3) is 0.360. The maximum atomic E-state index is 5.98. The van der Waals surface area contributed by atoms with Crippen molar-refractivity contribution in [2.24, 2.45) is 5.92 Å². The first-order valence-electron chi connectivity index (χ1n) is 11.2. The first-order chi connectivity index (χ1) is 16.0. The molecule has 2 aromatic carbocycles. The van der Waals surface area contributed by atoms with Gasteiger partial charge in [-0.15, -0.1) is 10.2 Å². The molecule has 0 aliphatic rings. The van der Waals surface area contributed by atoms with Crippen molar-refractivity contribution in [1.82, 2.24) is 24.9 Å². The number of thioether (sulfide) groups is 1. The minimum atomic E-state index is 0.365. The summed E-state index contributed by atoms with van der Waals surface area (Å²) in [6, 6.07) is 16.2. The molecule has 0 unspecified atom stereocenters. The van der Waals surface area contributed by atoms with E-state index in [4.69, 9.17) is 9.26 Å². The van der Waals surface area contributed by atoms with Gasteiger partial charge in [0.1, 0.15) is 12.4 Å². The van der Waals surface area contributed by atoms with Crippen LogP contribution in [0.5, 0.6) is 5.75 Å². The van der Waals surface area contributed by atoms with Crippen molar-refractivity contribution in [3.05, 3.63) is 71.4 Å². The van der Waals surface area contributed by atoms with Gasteiger partial charge in [0.25, 0.3) is 0 Å². The molecule has 2 heterocycles. The topological polar surface area (TPSA) is 78.9 Å². The van der Waals surface area contributed by atoms with E-state index in [9.17, 15) is 0 Å². The fourth-order valence-corrected chi connectivity index (χ4v) is 4.23. The molecule has 33 heavy (non-hydrogen) atoms. The summed E-state index contributed by atoms with van der Waals surface area (Å²) in [5.41, 5.74) is 3.38. The van der Waals surface area contributed by atoms with Gasteiger partial charge in [-0.2, -0.15) is 4.98 Å². The second-order valence-corrected chi connectivity index (χ2v) is 9.25. The van der Waals surface area contributed by atoms with Crippen molar-refractivity contribution in [3.8, 4) is 17.1 Å². The normalized spacial score (nSPS) is 11.3. The van der Waals surface area contributed by atoms with Crippen molar-refractivity contribution in [3.63, 3.8) is 0 Å². The third kappa shape index (κ3) is 5.82. The molecule has 0 bridgehead atoms. The van der Waals surface area contributed by atoms with E-state index in [1.807, 2.05) is 43.3 Å². The van der Waals surface area contributed by atoms with Crippen LogP contribution in [0.2, 0.25) is 0 Å². The van der Waals surface area contributed by atoms with Gasteiger partial charge in [-0.05, 0) is 42.5 Å². The SMILES string of the molecule is CCc1ccc(OCc2nnc(SCc3nc(-c4ccccc4C)no3)n2CC(C)C)cc1. The van der Waals surface area contributed by atoms with Crippen LogP contribution in [-0.4, -0.2) is 24.9 Å². The molecule has 4 aromatic rings. The Morgan fingerprint density at radius 2 is 1.85 bits per heavy atom. The molecule has 0 saturated carbocycles. The minimum absolute atomic E-state index is 0.365. The molecule has 0 atom stereocenters. The van der Waals surface area contributed by atoms with Crippen molar-refractivity contribution < 1.29 is 9.26 Å². The molecule has 0 spiro atoms. The van der Waals surface area contributed by atoms with E-state index >= 15 is 0 Å². The molecule has 0 fully saturated rings. The highest BCUT2D eigenvalue weighted by molar-refractivity contribution is 7.98. The van der Waals surface area contributed by atoms with E-state index in [0.717, 1.165) is 40.8 Å². The summed E-state index contributed by atoms with van der Waals surface area (Å²) in [5.74, 6) is 3.77. The number of aromatic nitrogens is 5. The number of benzene rings is 2. The lowest BCUT2D eigenvalue weighted by molar-refractivity contribution is 0.284. The van der Waals surface area contributed by atoms with Crippen LogP contribution in [-0.2, 0) is 25.3 Å². The Morgan fingerprint density at radius 1 is 1.06 bits per heavy atom. The second kappa shape index (κ2) is 10.7. The first kappa shape index (κ1) is 23.0. The second-order valence-electron chi connectivity index (χ2n) is 8.30. The highest BCUT2D eigenvalue weighted by atomic mass is 32.2. The third-order valence-corrected chi connectivity index (χ3v) is 6.17. The lowest BCUT2D eigenvalue weighted by Crippen LogP contribution is -2.12. The van der Waals surface area contributed by atoms with E-state index in [1.54, 1.807) is 0 Å². The van der Waals surface area contributed by atoms with Crippen molar-refractivity contribution in [1.29, 1.82) is 0 Å². The van der Waals surface area contributed by atoms with E-state index in [-0.39, 0.29) is 0 Å². The molecule has 4 rings (SSSR count). The summed E-state index contributed by atoms with van der Waals surface area (Å²) in [4.78, 5) is 4.56. The molecule has 0 saturated heterocycles. The lowest BCUT2D eigenvalue weighted by Gasteiger charge is -2.13. The van der Waals surface area contributed by atoms with E-state index in [2.05, 4.69) is 57.8 Å². The van der Waals surface area contributed by atoms with Crippen LogP contribution in [0.3, 0.4) is 0 Å². The van der Waals surface area contributed by atoms with Crippen LogP contribution in [0, 0.1) is 12.8 Å². The highest BCUT2D eigenvalue weighted by Crippen LogP contribution is 2.25. The largest absolute Gasteiger partial charge is 0.486 e. The van der Waals surface area contributed by atoms with Crippen LogP contribution >= 0.6 is 11.8 Å². The van der Waals surface area contributed by atoms with E-state index < -0.39 is 0 Å². The molecule has 2 aromatic heterocycles. The van der Waals surface area contributed by atoms with Crippen molar-refractivity contribution >= 4 is 11.8 Å². The smallest absolute Gasteiger partial charge is 0.237 e. The molecule has 0 amide bonds. The van der Waals surface area contributed by atoms with Crippen LogP contribution in [0.4, 0.5) is 0 Å². The predicted molar refractivity (Wildman–Crippen MR) is 129 cm³/mol. The van der Waals surface area contributed by atoms with Crippen LogP contribution < -0.4 is 4.74 Å². The number of ether oxygens (including phenoxy) is 1. The quantitative estimate of drug-likeness (QED) is 0.278. The molecule has 0 aliphatic heterocycles. The van der Waals surface area contributed by atoms with Gasteiger partial charge in [0, 0.05) is 12.1 Å². The molecule has 0 N–H and O–H groups in total. The average molecular weight is 464 g/mol. The first-order valence-corrected chi connectivity index (χ1v) is 12.2. The van der Waals surface area contributed by atoms with Gasteiger partial charge in [0.2, 0.25) is 11.7 Å². The van der Waals surface area contributed by atoms with Gasteiger partial charge in [-0.3, -0.25) is 0 Å². The monoisotopic (exact) mass is 463 g/mol. The van der Waals surface area contributed by atoms with Gasteiger partial charge in [0.05, 0.1) is 5.75 Å². The number of aryl methyl sites for hydroxylation is 2. The maximum absolute atomic E-state index is 5.98. The predicted octanol–water partition coefficient (Wildman–Crippen LogP) is 5.73. The molecule has 7 nitrogen and oxygen atoms in total. The van der Waals surface area contributed by atoms with Gasteiger partial charge in [-0.1, -0.05) is 74.1 Å². The fourth-order valence-electron chi connectivity index (χ4n) is 3.42. The highest BCUT2D eigenvalue weighted by Gasteiger charge is 2.17. The van der Waals surface area contributed by atoms with Crippen molar-refractivity contribution in [2.45, 2.75) is 58.2 Å². The Morgan fingerprint density at radius 3 is 2.58 bits per heavy atom. The zero-order valence-corrected chi connectivity index (χ0v) is 20.3. The Kier molecular flexibility index (Phi) is 7.44. The maximum Gasteiger partial charge on any atom is 0.237 e. The average Bonchev–Trinajstić information content (AvgIpc) is 3.43. The Labute approximate surface area is 198 Å². The summed E-state index contributed by atoms with van der Waals surface area (Å²) in [5, 5.41) is 13.8. The van der Waals surface area contributed by atoms with Gasteiger partial charge < -0.3 is 13.8 Å². The summed E-state index contributed by atoms with van der Waals surface area (Å²) < 4.78 is 13.6. The summed E-state index contributed by atoms with van der Waals surface area (Å²) in [6.07, 6.45) is 1.01. The van der Waals surface area contributed by atoms with Gasteiger partial charge in [0.15, 0.2) is 11.0 Å². The standard InChI is InChI=1S/C25H29N5O2S/c1-5-19-10-12-20(13-11-19)31-15-22-27-28-25(30(22)14-17(2)3)33-16-23-26-24(29-32-23)21-9-7-6-8-18(21)4/h6-13,17H,5,14-16H2,1-4H3. The third-order valence-electron chi connectivity index (χ3n) is 5.22. The zero-order valence-electron chi connectivity index (χ0n) is 19.5. The Balaban J connectivity index is 1.44. The minimum Gasteiger partial charge on any atom is -0.486 e. The molecule has 172 valence electrons. The molecular formula is C25H29N5O2S. The van der Waals surface area contributed by atoms with E-state index in [1.165, 1.54) is 17.3 Å². The molecule has 0 aliphatic carbocycles. The van der Waals surface area contributed by atoms with Crippen molar-refractivity contribution in [2.75, 3.05) is 0 Å². The van der Waals surface area contributed by atoms with Crippen LogP contribution in [0.25, 0.3) is 11.4 Å². The molecular weight excluding hydrogens is 434 g/mol. The molecule has 0 radical (unpaired) electrons. The summed E-state index contributed by atoms with van der Waals surface area (Å²) >= 11 is 1.54. The number of nitrogens with zero attached hydrogens (tertiary/aromatic N) is 5. The summed E-state index contributed by atoms with van der Waals surface area (Å²) in [6.45, 7) is 9.70. The van der Waals surface area contributed by atoms with Crippen LogP contribution in [0.15, 0.2) is 58.2 Å². The zero-order chi connectivity index (χ0) is 23.2.